The van der Waals surface area contributed by atoms with Crippen molar-refractivity contribution in [2.24, 2.45) is 0 Å². The number of hydrogen-bond donors (Lipinski definition) is 2. The van der Waals surface area contributed by atoms with E-state index in [4.69, 9.17) is 9.47 Å². The Morgan fingerprint density at radius 1 is 1.28 bits per heavy atom. The maximum atomic E-state index is 12.5. The number of rotatable bonds is 8. The number of methoxy groups -OCH3 is 2. The van der Waals surface area contributed by atoms with Gasteiger partial charge in [-0.3, -0.25) is 9.59 Å². The molecule has 0 fully saturated rings. The average Bonchev–Trinajstić information content (AvgIpc) is 3.09. The van der Waals surface area contributed by atoms with E-state index in [-0.39, 0.29) is 6.42 Å². The zero-order chi connectivity index (χ0) is 18.4. The first-order valence-corrected chi connectivity index (χ1v) is 8.33. The third-order valence-electron chi connectivity index (χ3n) is 3.59. The van der Waals surface area contributed by atoms with Gasteiger partial charge in [0.25, 0.3) is 5.91 Å². The lowest BCUT2D eigenvalue weighted by Crippen LogP contribution is -2.30. The molecule has 1 heterocycles. The van der Waals surface area contributed by atoms with Crippen LogP contribution in [0.3, 0.4) is 0 Å². The number of aryl methyl sites for hydroxylation is 1. The third-order valence-corrected chi connectivity index (χ3v) is 4.36. The van der Waals surface area contributed by atoms with Crippen LogP contribution >= 0.6 is 11.5 Å². The van der Waals surface area contributed by atoms with Crippen molar-refractivity contribution in [2.75, 3.05) is 14.2 Å². The largest absolute Gasteiger partial charge is 0.493 e. The minimum atomic E-state index is -1.03. The summed E-state index contributed by atoms with van der Waals surface area (Å²) in [6.45, 7) is 1.87. The zero-order valence-corrected chi connectivity index (χ0v) is 14.9. The fraction of sp³-hybridized carbons (Fsp3) is 0.375. The first-order chi connectivity index (χ1) is 12.0. The Balaban J connectivity index is 2.30. The van der Waals surface area contributed by atoms with Gasteiger partial charge < -0.3 is 19.9 Å². The maximum absolute atomic E-state index is 12.5. The second-order valence-electron chi connectivity index (χ2n) is 5.14. The lowest BCUT2D eigenvalue weighted by molar-refractivity contribution is -0.137. The second-order valence-corrected chi connectivity index (χ2v) is 5.89. The number of aromatic nitrogens is 2. The van der Waals surface area contributed by atoms with Crippen LogP contribution < -0.4 is 14.8 Å². The van der Waals surface area contributed by atoms with Gasteiger partial charge >= 0.3 is 5.97 Å². The van der Waals surface area contributed by atoms with Crippen molar-refractivity contribution >= 4 is 23.4 Å². The highest BCUT2D eigenvalue weighted by Gasteiger charge is 2.23. The molecule has 1 unspecified atom stereocenters. The lowest BCUT2D eigenvalue weighted by Gasteiger charge is -2.19. The van der Waals surface area contributed by atoms with Crippen LogP contribution in [0.15, 0.2) is 18.2 Å². The number of amides is 1. The molecule has 8 nitrogen and oxygen atoms in total. The van der Waals surface area contributed by atoms with Gasteiger partial charge in [-0.05, 0) is 35.6 Å². The minimum absolute atomic E-state index is 0.269. The molecule has 1 aromatic heterocycles. The number of aliphatic carboxylic acids is 1. The molecule has 2 rings (SSSR count). The van der Waals surface area contributed by atoms with Gasteiger partial charge in [0.2, 0.25) is 0 Å². The molecule has 0 saturated heterocycles. The topological polar surface area (TPSA) is 111 Å². The van der Waals surface area contributed by atoms with E-state index in [0.717, 1.165) is 11.5 Å². The zero-order valence-electron chi connectivity index (χ0n) is 14.1. The van der Waals surface area contributed by atoms with Crippen LogP contribution in [0.1, 0.15) is 40.3 Å². The van der Waals surface area contributed by atoms with E-state index in [9.17, 15) is 14.7 Å². The second kappa shape index (κ2) is 8.43. The Labute approximate surface area is 148 Å². The number of nitrogens with zero attached hydrogens (tertiary/aromatic N) is 2. The Morgan fingerprint density at radius 3 is 2.60 bits per heavy atom. The van der Waals surface area contributed by atoms with Crippen LogP contribution in [-0.4, -0.2) is 40.8 Å². The van der Waals surface area contributed by atoms with Gasteiger partial charge in [0.05, 0.1) is 32.4 Å². The van der Waals surface area contributed by atoms with Crippen molar-refractivity contribution in [1.29, 1.82) is 0 Å². The molecular weight excluding hydrogens is 346 g/mol. The molecule has 0 aliphatic carbocycles. The third kappa shape index (κ3) is 4.44. The van der Waals surface area contributed by atoms with E-state index in [1.54, 1.807) is 18.2 Å². The van der Waals surface area contributed by atoms with E-state index < -0.39 is 17.9 Å². The summed E-state index contributed by atoms with van der Waals surface area (Å²) in [6.07, 6.45) is 0.300. The summed E-state index contributed by atoms with van der Waals surface area (Å²) < 4.78 is 14.2. The fourth-order valence-corrected chi connectivity index (χ4v) is 2.99. The summed E-state index contributed by atoms with van der Waals surface area (Å²) in [5.74, 6) is -0.448. The Morgan fingerprint density at radius 2 is 2.00 bits per heavy atom. The quantitative estimate of drug-likeness (QED) is 0.736. The molecule has 134 valence electrons. The smallest absolute Gasteiger partial charge is 0.305 e. The number of carbonyl (C=O) groups excluding carboxylic acids is 1. The van der Waals surface area contributed by atoms with Crippen LogP contribution in [0.5, 0.6) is 11.5 Å². The van der Waals surface area contributed by atoms with Crippen molar-refractivity contribution in [3.05, 3.63) is 34.3 Å². The number of carbonyl (C=O) groups is 2. The molecule has 9 heteroatoms. The van der Waals surface area contributed by atoms with Gasteiger partial charge in [0.1, 0.15) is 4.88 Å². The predicted octanol–water partition coefficient (Wildman–Crippen LogP) is 2.06. The van der Waals surface area contributed by atoms with Crippen molar-refractivity contribution in [3.8, 4) is 11.5 Å². The van der Waals surface area contributed by atoms with E-state index in [0.29, 0.717) is 34.1 Å². The summed E-state index contributed by atoms with van der Waals surface area (Å²) in [5.41, 5.74) is 1.19. The van der Waals surface area contributed by atoms with Gasteiger partial charge in [-0.1, -0.05) is 17.5 Å². The molecule has 1 aromatic carbocycles. The van der Waals surface area contributed by atoms with Gasteiger partial charge in [-0.25, -0.2) is 0 Å². The lowest BCUT2D eigenvalue weighted by atomic mass is 10.0. The monoisotopic (exact) mass is 365 g/mol. The van der Waals surface area contributed by atoms with Crippen molar-refractivity contribution < 1.29 is 24.2 Å². The van der Waals surface area contributed by atoms with Crippen LogP contribution in [0.2, 0.25) is 0 Å². The Kier molecular flexibility index (Phi) is 6.29. The van der Waals surface area contributed by atoms with Crippen molar-refractivity contribution in [2.45, 2.75) is 25.8 Å². The molecule has 25 heavy (non-hydrogen) atoms. The molecule has 1 atom stereocenters. The molecule has 1 amide bonds. The summed E-state index contributed by atoms with van der Waals surface area (Å²) in [6, 6.07) is 4.29. The molecule has 2 N–H and O–H groups in total. The molecule has 0 aliphatic heterocycles. The van der Waals surface area contributed by atoms with E-state index >= 15 is 0 Å². The van der Waals surface area contributed by atoms with Gasteiger partial charge in [0, 0.05) is 0 Å². The van der Waals surface area contributed by atoms with E-state index in [1.165, 1.54) is 14.2 Å². The van der Waals surface area contributed by atoms with Crippen molar-refractivity contribution in [3.63, 3.8) is 0 Å². The normalized spacial score (nSPS) is 11.6. The van der Waals surface area contributed by atoms with Crippen LogP contribution in [-0.2, 0) is 11.2 Å². The van der Waals surface area contributed by atoms with Gasteiger partial charge in [-0.2, -0.15) is 0 Å². The summed E-state index contributed by atoms with van der Waals surface area (Å²) in [5, 5.41) is 15.8. The van der Waals surface area contributed by atoms with Gasteiger partial charge in [-0.15, -0.1) is 5.10 Å². The first kappa shape index (κ1) is 18.7. The highest BCUT2D eigenvalue weighted by atomic mass is 32.1. The average molecular weight is 365 g/mol. The number of ether oxygens (including phenoxy) is 2. The summed E-state index contributed by atoms with van der Waals surface area (Å²) in [4.78, 5) is 24.1. The van der Waals surface area contributed by atoms with Gasteiger partial charge in [0.15, 0.2) is 11.5 Å². The number of nitrogens with one attached hydrogen (secondary N) is 1. The van der Waals surface area contributed by atoms with E-state index in [1.807, 2.05) is 6.92 Å². The molecule has 0 bridgehead atoms. The predicted molar refractivity (Wildman–Crippen MR) is 91.3 cm³/mol. The summed E-state index contributed by atoms with van der Waals surface area (Å²) >= 11 is 0.987. The molecule has 0 saturated carbocycles. The molecule has 0 aliphatic rings. The Bertz CT molecular complexity index is 762. The van der Waals surface area contributed by atoms with Crippen LogP contribution in [0.25, 0.3) is 0 Å². The number of hydrogen-bond acceptors (Lipinski definition) is 7. The Hall–Kier alpha value is -2.68. The number of carboxylic acids is 1. The van der Waals surface area contributed by atoms with Crippen molar-refractivity contribution in [1.82, 2.24) is 14.9 Å². The van der Waals surface area contributed by atoms with Crippen LogP contribution in [0, 0.1) is 0 Å². The summed E-state index contributed by atoms with van der Waals surface area (Å²) in [7, 11) is 3.00. The highest BCUT2D eigenvalue weighted by Crippen LogP contribution is 2.31. The number of carboxylic acid groups (broad SMARTS) is 1. The highest BCUT2D eigenvalue weighted by molar-refractivity contribution is 7.08. The van der Waals surface area contributed by atoms with Crippen LogP contribution in [0.4, 0.5) is 0 Å². The molecular formula is C16H19N3O5S. The minimum Gasteiger partial charge on any atom is -0.493 e. The number of benzene rings is 1. The van der Waals surface area contributed by atoms with E-state index in [2.05, 4.69) is 14.9 Å². The fourth-order valence-electron chi connectivity index (χ4n) is 2.33. The maximum Gasteiger partial charge on any atom is 0.305 e. The molecule has 0 spiro atoms. The molecule has 0 radical (unpaired) electrons. The SMILES string of the molecule is CCc1nnsc1C(=O)NC(CC(=O)O)c1ccc(OC)c(OC)c1. The first-order valence-electron chi connectivity index (χ1n) is 7.55. The molecule has 2 aromatic rings. The standard InChI is InChI=1S/C16H19N3O5S/c1-4-10-15(25-19-18-10)16(22)17-11(8-14(20)21)9-5-6-12(23-2)13(7-9)24-3/h5-7,11H,4,8H2,1-3H3,(H,17,22)(H,20,21).